The quantitative estimate of drug-likeness (QED) is 0.733. The normalized spacial score (nSPS) is 28.5. The number of piperazine rings is 1. The Morgan fingerprint density at radius 1 is 1.31 bits per heavy atom. The van der Waals surface area contributed by atoms with E-state index in [1.807, 2.05) is 30.5 Å². The third kappa shape index (κ3) is 4.29. The van der Waals surface area contributed by atoms with Gasteiger partial charge in [0.1, 0.15) is 5.50 Å². The molecule has 1 aromatic rings. The van der Waals surface area contributed by atoms with Crippen LogP contribution in [0.15, 0.2) is 28.9 Å². The van der Waals surface area contributed by atoms with Crippen LogP contribution in [0.5, 0.6) is 0 Å². The molecular weight excluding hydrogens is 389 g/mol. The van der Waals surface area contributed by atoms with Gasteiger partial charge < -0.3 is 15.5 Å². The van der Waals surface area contributed by atoms with E-state index in [0.29, 0.717) is 29.7 Å². The summed E-state index contributed by atoms with van der Waals surface area (Å²) in [6.45, 7) is 7.54. The average molecular weight is 420 g/mol. The van der Waals surface area contributed by atoms with E-state index >= 15 is 0 Å². The molecule has 3 unspecified atom stereocenters. The Balaban J connectivity index is 0.000000994. The number of carbonyl (C=O) groups is 1. The summed E-state index contributed by atoms with van der Waals surface area (Å²) < 4.78 is 13.3. The Kier molecular flexibility index (Phi) is 6.41. The minimum absolute atomic E-state index is 0.0541. The van der Waals surface area contributed by atoms with Crippen molar-refractivity contribution in [2.75, 3.05) is 26.2 Å². The summed E-state index contributed by atoms with van der Waals surface area (Å²) in [4.78, 5) is 22.1. The highest BCUT2D eigenvalue weighted by Gasteiger charge is 2.44. The van der Waals surface area contributed by atoms with Gasteiger partial charge in [-0.1, -0.05) is 25.6 Å². The maximum atomic E-state index is 13.3. The molecule has 8 heteroatoms. The van der Waals surface area contributed by atoms with E-state index in [0.717, 1.165) is 26.1 Å². The van der Waals surface area contributed by atoms with Crippen molar-refractivity contribution in [2.45, 2.75) is 57.1 Å². The molecule has 0 saturated carbocycles. The number of fused-ring (bicyclic) bond motifs is 2. The summed E-state index contributed by atoms with van der Waals surface area (Å²) in [6, 6.07) is 4.29. The van der Waals surface area contributed by atoms with Crippen molar-refractivity contribution < 1.29 is 9.18 Å². The van der Waals surface area contributed by atoms with Crippen LogP contribution in [0, 0.1) is 5.95 Å². The van der Waals surface area contributed by atoms with E-state index in [2.05, 4.69) is 20.5 Å². The Morgan fingerprint density at radius 2 is 2.07 bits per heavy atom. The average Bonchev–Trinajstić information content (AvgIpc) is 3.26. The topological polar surface area (TPSA) is 60.5 Å². The third-order valence-corrected chi connectivity index (χ3v) is 7.31. The first-order valence-electron chi connectivity index (χ1n) is 10.7. The molecule has 1 aromatic heterocycles. The van der Waals surface area contributed by atoms with Gasteiger partial charge in [0.05, 0.1) is 13.0 Å². The summed E-state index contributed by atoms with van der Waals surface area (Å²) in [5.74, 6) is -0.480. The lowest BCUT2D eigenvalue weighted by molar-refractivity contribution is -0.130. The number of nitrogens with one attached hydrogen (secondary N) is 2. The molecule has 158 valence electrons. The molecule has 1 amide bonds. The SMILES string of the molecule is CC.O=C(Cc1ccnc(F)c1)N1CCC2=C(C1)SC(N1C3CCC1CNC3)N2. The van der Waals surface area contributed by atoms with Crippen molar-refractivity contribution in [3.63, 3.8) is 0 Å². The summed E-state index contributed by atoms with van der Waals surface area (Å²) in [7, 11) is 0. The lowest BCUT2D eigenvalue weighted by atomic mass is 10.1. The predicted octanol–water partition coefficient (Wildman–Crippen LogP) is 2.29. The Morgan fingerprint density at radius 3 is 2.79 bits per heavy atom. The second kappa shape index (κ2) is 9.02. The number of aromatic nitrogens is 1. The van der Waals surface area contributed by atoms with Gasteiger partial charge in [0.15, 0.2) is 0 Å². The molecule has 0 radical (unpaired) electrons. The predicted molar refractivity (Wildman–Crippen MR) is 114 cm³/mol. The molecule has 0 aliphatic carbocycles. The molecule has 4 aliphatic heterocycles. The third-order valence-electron chi connectivity index (χ3n) is 6.06. The first-order valence-corrected chi connectivity index (χ1v) is 11.6. The maximum absolute atomic E-state index is 13.3. The summed E-state index contributed by atoms with van der Waals surface area (Å²) >= 11 is 1.88. The number of halogens is 1. The van der Waals surface area contributed by atoms with Crippen molar-refractivity contribution in [1.29, 1.82) is 0 Å². The second-order valence-electron chi connectivity index (χ2n) is 7.74. The number of pyridine rings is 1. The standard InChI is InChI=1S/C19H24FN5OS.C2H6/c20-17-7-12(3-5-22-17)8-18(26)24-6-4-15-16(11-24)27-19(23-15)25-13-1-2-14(25)10-21-9-13;1-2/h3,5,7,13-14,19,21,23H,1-2,4,6,8-11H2;1-2H3. The number of nitrogens with zero attached hydrogens (tertiary/aromatic N) is 3. The van der Waals surface area contributed by atoms with E-state index in [4.69, 9.17) is 0 Å². The highest BCUT2D eigenvalue weighted by molar-refractivity contribution is 8.03. The molecule has 29 heavy (non-hydrogen) atoms. The van der Waals surface area contributed by atoms with E-state index < -0.39 is 5.95 Å². The monoisotopic (exact) mass is 419 g/mol. The fraction of sp³-hybridized carbons (Fsp3) is 0.619. The Bertz CT molecular complexity index is 772. The van der Waals surface area contributed by atoms with Gasteiger partial charge >= 0.3 is 0 Å². The number of thioether (sulfide) groups is 1. The second-order valence-corrected chi connectivity index (χ2v) is 8.91. The van der Waals surface area contributed by atoms with Gasteiger partial charge in [0.2, 0.25) is 11.9 Å². The zero-order chi connectivity index (χ0) is 20.4. The zero-order valence-corrected chi connectivity index (χ0v) is 18.0. The molecule has 0 spiro atoms. The van der Waals surface area contributed by atoms with Crippen LogP contribution in [0.1, 0.15) is 38.7 Å². The maximum Gasteiger partial charge on any atom is 0.227 e. The van der Waals surface area contributed by atoms with Crippen LogP contribution < -0.4 is 10.6 Å². The highest BCUT2D eigenvalue weighted by atomic mass is 32.2. The fourth-order valence-corrected chi connectivity index (χ4v) is 6.16. The highest BCUT2D eigenvalue weighted by Crippen LogP contribution is 2.41. The first-order chi connectivity index (χ1) is 14.2. The molecule has 6 nitrogen and oxygen atoms in total. The molecule has 2 saturated heterocycles. The minimum Gasteiger partial charge on any atom is -0.363 e. The molecule has 0 aromatic carbocycles. The van der Waals surface area contributed by atoms with Crippen LogP contribution in [0.3, 0.4) is 0 Å². The Hall–Kier alpha value is -1.64. The number of carbonyl (C=O) groups excluding carboxylic acids is 1. The van der Waals surface area contributed by atoms with Crippen LogP contribution >= 0.6 is 11.8 Å². The molecular formula is C21H30FN5OS. The van der Waals surface area contributed by atoms with Crippen LogP contribution in [0.2, 0.25) is 0 Å². The molecule has 4 aliphatic rings. The van der Waals surface area contributed by atoms with Crippen LogP contribution in [-0.2, 0) is 11.2 Å². The molecule has 3 atom stereocenters. The minimum atomic E-state index is -0.534. The van der Waals surface area contributed by atoms with Gasteiger partial charge in [-0.25, -0.2) is 4.98 Å². The van der Waals surface area contributed by atoms with Gasteiger partial charge in [-0.05, 0) is 30.5 Å². The van der Waals surface area contributed by atoms with Crippen molar-refractivity contribution in [2.24, 2.45) is 0 Å². The van der Waals surface area contributed by atoms with Crippen molar-refractivity contribution in [3.8, 4) is 0 Å². The van der Waals surface area contributed by atoms with E-state index in [9.17, 15) is 9.18 Å². The lowest BCUT2D eigenvalue weighted by Crippen LogP contribution is -2.57. The van der Waals surface area contributed by atoms with Crippen LogP contribution in [0.25, 0.3) is 0 Å². The van der Waals surface area contributed by atoms with Gasteiger partial charge in [-0.2, -0.15) is 4.39 Å². The largest absolute Gasteiger partial charge is 0.363 e. The molecule has 5 rings (SSSR count). The number of hydrogen-bond donors (Lipinski definition) is 2. The number of amides is 1. The number of hydrogen-bond acceptors (Lipinski definition) is 6. The van der Waals surface area contributed by atoms with Crippen molar-refractivity contribution in [1.82, 2.24) is 25.4 Å². The smallest absolute Gasteiger partial charge is 0.227 e. The fourth-order valence-electron chi connectivity index (χ4n) is 4.69. The first kappa shape index (κ1) is 20.6. The zero-order valence-electron chi connectivity index (χ0n) is 17.2. The Labute approximate surface area is 176 Å². The van der Waals surface area contributed by atoms with Crippen LogP contribution in [0.4, 0.5) is 4.39 Å². The van der Waals surface area contributed by atoms with Gasteiger partial charge in [0.25, 0.3) is 0 Å². The van der Waals surface area contributed by atoms with Gasteiger partial charge in [0, 0.05) is 54.9 Å². The van der Waals surface area contributed by atoms with E-state index in [1.165, 1.54) is 35.7 Å². The summed E-state index contributed by atoms with van der Waals surface area (Å²) in [5.41, 5.74) is 2.29. The molecule has 5 heterocycles. The van der Waals surface area contributed by atoms with Crippen molar-refractivity contribution in [3.05, 3.63) is 40.4 Å². The molecule has 2 bridgehead atoms. The molecule has 2 fully saturated rings. The molecule has 2 N–H and O–H groups in total. The van der Waals surface area contributed by atoms with Gasteiger partial charge in [-0.3, -0.25) is 9.69 Å². The van der Waals surface area contributed by atoms with Gasteiger partial charge in [-0.15, -0.1) is 0 Å². The van der Waals surface area contributed by atoms with Crippen LogP contribution in [-0.4, -0.2) is 64.5 Å². The lowest BCUT2D eigenvalue weighted by Gasteiger charge is -2.39. The van der Waals surface area contributed by atoms with Crippen molar-refractivity contribution >= 4 is 17.7 Å². The number of rotatable bonds is 3. The summed E-state index contributed by atoms with van der Waals surface area (Å²) in [6.07, 6.45) is 5.06. The summed E-state index contributed by atoms with van der Waals surface area (Å²) in [5, 5.41) is 7.26. The van der Waals surface area contributed by atoms with E-state index in [1.54, 1.807) is 6.07 Å². The van der Waals surface area contributed by atoms with E-state index in [-0.39, 0.29) is 12.3 Å².